The first-order valence-electron chi connectivity index (χ1n) is 18.3. The summed E-state index contributed by atoms with van der Waals surface area (Å²) in [5.41, 5.74) is 16.2. The number of para-hydroxylation sites is 1. The minimum absolute atomic E-state index is 0.322. The minimum Gasteiger partial charge on any atom is -0.508 e. The number of nitrogens with zero attached hydrogens (tertiary/aromatic N) is 2. The van der Waals surface area contributed by atoms with Crippen LogP contribution in [-0.4, -0.2) is 25.0 Å². The second kappa shape index (κ2) is 14.9. The molecule has 3 N–H and O–H groups in total. The lowest BCUT2D eigenvalue weighted by Gasteiger charge is -2.07. The largest absolute Gasteiger partial charge is 0.508 e. The Labute approximate surface area is 319 Å². The van der Waals surface area contributed by atoms with Crippen LogP contribution < -0.4 is 0 Å². The van der Waals surface area contributed by atoms with Gasteiger partial charge >= 0.3 is 0 Å². The molecule has 10 rings (SSSR count). The maximum atomic E-state index is 8.63. The Morgan fingerprint density at radius 2 is 0.527 bits per heavy atom. The topological polar surface area (TPSA) is 77.6 Å². The molecule has 5 heterocycles. The number of H-pyrrole nitrogens is 2. The number of benzene rings is 5. The highest BCUT2D eigenvalue weighted by Gasteiger charge is 2.18. The molecular formula is C50H36N4O. The van der Waals surface area contributed by atoms with E-state index in [1.54, 1.807) is 24.3 Å². The van der Waals surface area contributed by atoms with Gasteiger partial charge in [0.05, 0.1) is 22.8 Å². The predicted octanol–water partition coefficient (Wildman–Crippen LogP) is 12.7. The van der Waals surface area contributed by atoms with Gasteiger partial charge in [-0.3, -0.25) is 0 Å². The van der Waals surface area contributed by atoms with Crippen molar-refractivity contribution in [3.8, 4) is 50.3 Å². The van der Waals surface area contributed by atoms with Gasteiger partial charge in [-0.25, -0.2) is 9.97 Å². The Bertz CT molecular complexity index is 2490. The van der Waals surface area contributed by atoms with Crippen molar-refractivity contribution in [1.29, 1.82) is 0 Å². The molecule has 2 aliphatic rings. The summed E-state index contributed by atoms with van der Waals surface area (Å²) in [6.45, 7) is 0. The molecule has 0 saturated heterocycles. The lowest BCUT2D eigenvalue weighted by molar-refractivity contribution is 0.475. The maximum absolute atomic E-state index is 8.63. The summed E-state index contributed by atoms with van der Waals surface area (Å²) in [5, 5.41) is 8.63. The molecule has 55 heavy (non-hydrogen) atoms. The number of phenolic OH excluding ortho intramolecular Hbond substituents is 1. The maximum Gasteiger partial charge on any atom is 0.115 e. The first kappa shape index (κ1) is 33.3. The van der Waals surface area contributed by atoms with E-state index in [9.17, 15) is 0 Å². The van der Waals surface area contributed by atoms with E-state index < -0.39 is 0 Å². The number of aromatic hydroxyl groups is 1. The van der Waals surface area contributed by atoms with Crippen molar-refractivity contribution >= 4 is 46.4 Å². The van der Waals surface area contributed by atoms with Crippen LogP contribution in [0.3, 0.4) is 0 Å². The summed E-state index contributed by atoms with van der Waals surface area (Å²) in [4.78, 5) is 18.3. The van der Waals surface area contributed by atoms with Crippen LogP contribution in [0.2, 0.25) is 0 Å². The normalized spacial score (nSPS) is 11.6. The lowest BCUT2D eigenvalue weighted by atomic mass is 10.0. The summed E-state index contributed by atoms with van der Waals surface area (Å²) in [7, 11) is 0. The van der Waals surface area contributed by atoms with E-state index in [1.807, 2.05) is 30.3 Å². The van der Waals surface area contributed by atoms with E-state index in [0.29, 0.717) is 5.75 Å². The molecule has 0 aliphatic carbocycles. The molecule has 3 aromatic heterocycles. The van der Waals surface area contributed by atoms with Gasteiger partial charge in [-0.2, -0.15) is 0 Å². The zero-order chi connectivity index (χ0) is 37.0. The van der Waals surface area contributed by atoms with Crippen LogP contribution >= 0.6 is 0 Å². The fraction of sp³-hybridized carbons (Fsp3) is 0. The van der Waals surface area contributed by atoms with Gasteiger partial charge in [0.2, 0.25) is 0 Å². The summed E-state index contributed by atoms with van der Waals surface area (Å²) >= 11 is 0. The van der Waals surface area contributed by atoms with Crippen LogP contribution in [0.15, 0.2) is 176 Å². The number of rotatable bonds is 4. The van der Waals surface area contributed by atoms with Crippen LogP contribution in [0.5, 0.6) is 5.75 Å². The van der Waals surface area contributed by atoms with Crippen LogP contribution in [0.1, 0.15) is 22.8 Å². The van der Waals surface area contributed by atoms with Gasteiger partial charge < -0.3 is 15.1 Å². The van der Waals surface area contributed by atoms with Crippen molar-refractivity contribution < 1.29 is 5.11 Å². The fourth-order valence-corrected chi connectivity index (χ4v) is 7.27. The van der Waals surface area contributed by atoms with Crippen molar-refractivity contribution in [3.05, 3.63) is 199 Å². The van der Waals surface area contributed by atoms with Crippen molar-refractivity contribution in [2.45, 2.75) is 0 Å². The van der Waals surface area contributed by atoms with Gasteiger partial charge in [0.25, 0.3) is 0 Å². The molecule has 5 heteroatoms. The first-order valence-corrected chi connectivity index (χ1v) is 18.3. The van der Waals surface area contributed by atoms with Gasteiger partial charge in [0.15, 0.2) is 0 Å². The smallest absolute Gasteiger partial charge is 0.115 e. The molecule has 0 fully saturated rings. The SMILES string of the molecule is C1=Cc2nc1c(-c1ccccc1)c1ccc([nH]1)c(-c1ccccc1)c1nc(c(-c3ccccc3)c3ccc([nH]3)c2-c2ccccc2)C=C1.Oc1ccccc1. The first-order chi connectivity index (χ1) is 27.2. The quantitative estimate of drug-likeness (QED) is 0.170. The fourth-order valence-electron chi connectivity index (χ4n) is 7.27. The lowest BCUT2D eigenvalue weighted by Crippen LogP contribution is -1.89. The molecule has 2 aliphatic heterocycles. The van der Waals surface area contributed by atoms with E-state index in [0.717, 1.165) is 89.4 Å². The van der Waals surface area contributed by atoms with Crippen LogP contribution in [0.4, 0.5) is 0 Å². The van der Waals surface area contributed by atoms with E-state index in [4.69, 9.17) is 15.1 Å². The zero-order valence-corrected chi connectivity index (χ0v) is 29.9. The molecule has 5 aromatic carbocycles. The summed E-state index contributed by atoms with van der Waals surface area (Å²) < 4.78 is 0. The van der Waals surface area contributed by atoms with E-state index in [2.05, 4.69) is 156 Å². The molecule has 8 aromatic rings. The van der Waals surface area contributed by atoms with Crippen LogP contribution in [-0.2, 0) is 0 Å². The number of nitrogens with one attached hydrogen (secondary N) is 2. The highest BCUT2D eigenvalue weighted by molar-refractivity contribution is 5.99. The molecule has 0 radical (unpaired) electrons. The third-order valence-electron chi connectivity index (χ3n) is 9.76. The molecule has 0 spiro atoms. The monoisotopic (exact) mass is 708 g/mol. The number of aromatic nitrogens is 4. The minimum atomic E-state index is 0.322. The van der Waals surface area contributed by atoms with Gasteiger partial charge in [-0.1, -0.05) is 140 Å². The number of aromatic amines is 2. The van der Waals surface area contributed by atoms with Crippen LogP contribution in [0, 0.1) is 0 Å². The third-order valence-corrected chi connectivity index (χ3v) is 9.76. The Morgan fingerprint density at radius 3 is 0.745 bits per heavy atom. The highest BCUT2D eigenvalue weighted by Crippen LogP contribution is 2.38. The van der Waals surface area contributed by atoms with E-state index in [-0.39, 0.29) is 0 Å². The second-order valence-electron chi connectivity index (χ2n) is 13.3. The molecule has 0 amide bonds. The zero-order valence-electron chi connectivity index (χ0n) is 29.9. The Balaban J connectivity index is 0.000000513. The van der Waals surface area contributed by atoms with Crippen molar-refractivity contribution in [1.82, 2.24) is 19.9 Å². The molecular weight excluding hydrogens is 673 g/mol. The highest BCUT2D eigenvalue weighted by atomic mass is 16.3. The molecule has 0 atom stereocenters. The van der Waals surface area contributed by atoms with Gasteiger partial charge in [0.1, 0.15) is 5.75 Å². The molecule has 5 nitrogen and oxygen atoms in total. The number of fused-ring (bicyclic) bond motifs is 8. The molecule has 8 bridgehead atoms. The third kappa shape index (κ3) is 6.78. The van der Waals surface area contributed by atoms with Crippen molar-refractivity contribution in [2.75, 3.05) is 0 Å². The number of hydrogen-bond donors (Lipinski definition) is 3. The Kier molecular flexibility index (Phi) is 9.01. The summed E-state index contributed by atoms with van der Waals surface area (Å²) in [6, 6.07) is 59.4. The molecule has 0 unspecified atom stereocenters. The Morgan fingerprint density at radius 1 is 0.291 bits per heavy atom. The van der Waals surface area contributed by atoms with E-state index >= 15 is 0 Å². The van der Waals surface area contributed by atoms with Crippen molar-refractivity contribution in [3.63, 3.8) is 0 Å². The van der Waals surface area contributed by atoms with Crippen LogP contribution in [0.25, 0.3) is 90.9 Å². The average Bonchev–Trinajstić information content (AvgIpc) is 4.08. The second-order valence-corrected chi connectivity index (χ2v) is 13.3. The Hall–Kier alpha value is -7.50. The number of phenols is 1. The summed E-state index contributed by atoms with van der Waals surface area (Å²) in [6.07, 6.45) is 8.54. The van der Waals surface area contributed by atoms with E-state index in [1.165, 1.54) is 0 Å². The number of hydrogen-bond acceptors (Lipinski definition) is 3. The van der Waals surface area contributed by atoms with Gasteiger partial charge in [-0.15, -0.1) is 0 Å². The van der Waals surface area contributed by atoms with Crippen molar-refractivity contribution in [2.24, 2.45) is 0 Å². The predicted molar refractivity (Wildman–Crippen MR) is 229 cm³/mol. The van der Waals surface area contributed by atoms with Gasteiger partial charge in [0, 0.05) is 44.3 Å². The molecule has 0 saturated carbocycles. The van der Waals surface area contributed by atoms with Gasteiger partial charge in [-0.05, 0) is 83.0 Å². The summed E-state index contributed by atoms with van der Waals surface area (Å²) in [5.74, 6) is 0.322. The molecule has 262 valence electrons. The average molecular weight is 709 g/mol. The standard InChI is InChI=1S/C44H30N4.C6H6O/c1-5-13-29(14-6-1)41-33-21-23-35(45-33)42(30-15-7-2-8-16-30)37-25-27-39(47-37)44(32-19-11-4-12-20-32)40-28-26-38(48-40)43(31-17-9-3-10-18-31)36-24-22-34(41)46-36;7-6-4-2-1-3-5-6/h1-28,45,48H;1-5,7H.